The number of hydrogen-bond acceptors (Lipinski definition) is 7. The highest BCUT2D eigenvalue weighted by Gasteiger charge is 2.40. The molecule has 9 heteroatoms. The molecule has 0 aromatic carbocycles. The fourth-order valence-electron chi connectivity index (χ4n) is 3.43. The van der Waals surface area contributed by atoms with Crippen molar-refractivity contribution in [2.24, 2.45) is 0 Å². The minimum Gasteiger partial charge on any atom is -0.446 e. The number of aliphatic hydroxyl groups excluding tert-OH is 1. The molecule has 0 unspecified atom stereocenters. The van der Waals surface area contributed by atoms with Crippen molar-refractivity contribution < 1.29 is 14.6 Å². The van der Waals surface area contributed by atoms with E-state index in [-0.39, 0.29) is 23.7 Å². The van der Waals surface area contributed by atoms with Gasteiger partial charge in [-0.2, -0.15) is 5.10 Å². The summed E-state index contributed by atoms with van der Waals surface area (Å²) in [6.45, 7) is 3.68. The molecule has 150 valence electrons. The van der Waals surface area contributed by atoms with E-state index in [0.29, 0.717) is 17.3 Å². The van der Waals surface area contributed by atoms with Crippen LogP contribution in [0.3, 0.4) is 0 Å². The number of carbonyl (C=O) groups is 1. The van der Waals surface area contributed by atoms with Gasteiger partial charge >= 0.3 is 6.09 Å². The number of nitrogens with zero attached hydrogens (tertiary/aromatic N) is 3. The van der Waals surface area contributed by atoms with E-state index in [4.69, 9.17) is 4.74 Å². The lowest BCUT2D eigenvalue weighted by atomic mass is 10.0. The number of alkyl carbamates (subject to hydrolysis) is 1. The molecule has 9 nitrogen and oxygen atoms in total. The van der Waals surface area contributed by atoms with Crippen molar-refractivity contribution in [2.75, 3.05) is 5.32 Å². The largest absolute Gasteiger partial charge is 0.446 e. The van der Waals surface area contributed by atoms with Crippen molar-refractivity contribution in [1.29, 1.82) is 0 Å². The SMILES string of the molecule is C[C@@H](O)c1cnc(Nc2cc([C@H]3CC[C@@H](OC(=O)NC4(C)CC4)C3)[nH]n2)cn1. The summed E-state index contributed by atoms with van der Waals surface area (Å²) in [6, 6.07) is 1.95. The highest BCUT2D eigenvalue weighted by molar-refractivity contribution is 5.69. The summed E-state index contributed by atoms with van der Waals surface area (Å²) in [5.41, 5.74) is 1.47. The minimum atomic E-state index is -0.648. The molecule has 2 heterocycles. The Bertz CT molecular complexity index is 830. The fraction of sp³-hybridized carbons (Fsp3) is 0.579. The van der Waals surface area contributed by atoms with Crippen LogP contribution in [0.5, 0.6) is 0 Å². The Hall–Kier alpha value is -2.68. The van der Waals surface area contributed by atoms with Gasteiger partial charge in [0.25, 0.3) is 0 Å². The van der Waals surface area contributed by atoms with Crippen LogP contribution < -0.4 is 10.6 Å². The summed E-state index contributed by atoms with van der Waals surface area (Å²) >= 11 is 0. The topological polar surface area (TPSA) is 125 Å². The molecule has 0 spiro atoms. The predicted octanol–water partition coefficient (Wildman–Crippen LogP) is 2.91. The monoisotopic (exact) mass is 386 g/mol. The zero-order valence-electron chi connectivity index (χ0n) is 16.1. The first-order valence-corrected chi connectivity index (χ1v) is 9.71. The molecule has 2 fully saturated rings. The Morgan fingerprint density at radius 1 is 1.32 bits per heavy atom. The standard InChI is InChI=1S/C19H26N6O3/c1-11(26)15-9-21-17(10-20-15)22-16-8-14(24-25-16)12-3-4-13(7-12)28-18(27)23-19(2)5-6-19/h8-13,26H,3-7H2,1-2H3,(H,23,27)(H2,21,22,24,25)/t11-,12+,13-/m1/s1. The first-order chi connectivity index (χ1) is 13.4. The number of anilines is 2. The molecule has 4 N–H and O–H groups in total. The maximum absolute atomic E-state index is 12.0. The summed E-state index contributed by atoms with van der Waals surface area (Å²) in [5.74, 6) is 1.49. The Balaban J connectivity index is 1.30. The summed E-state index contributed by atoms with van der Waals surface area (Å²) in [4.78, 5) is 20.4. The van der Waals surface area contributed by atoms with Crippen molar-refractivity contribution in [3.8, 4) is 0 Å². The van der Waals surface area contributed by atoms with Crippen LogP contribution in [0, 0.1) is 0 Å². The molecular formula is C19H26N6O3. The Kier molecular flexibility index (Phi) is 4.92. The number of aliphatic hydroxyl groups is 1. The van der Waals surface area contributed by atoms with Crippen molar-refractivity contribution in [3.63, 3.8) is 0 Å². The van der Waals surface area contributed by atoms with Gasteiger partial charge in [-0.15, -0.1) is 0 Å². The quantitative estimate of drug-likeness (QED) is 0.601. The maximum Gasteiger partial charge on any atom is 0.407 e. The smallest absolute Gasteiger partial charge is 0.407 e. The van der Waals surface area contributed by atoms with Crippen LogP contribution >= 0.6 is 0 Å². The van der Waals surface area contributed by atoms with E-state index >= 15 is 0 Å². The zero-order chi connectivity index (χ0) is 19.7. The van der Waals surface area contributed by atoms with Crippen molar-refractivity contribution in [2.45, 2.75) is 69.6 Å². The van der Waals surface area contributed by atoms with E-state index in [9.17, 15) is 9.90 Å². The molecule has 0 saturated heterocycles. The third-order valence-electron chi connectivity index (χ3n) is 5.46. The molecule has 2 aromatic rings. The molecule has 0 radical (unpaired) electrons. The van der Waals surface area contributed by atoms with E-state index in [1.165, 1.54) is 6.20 Å². The van der Waals surface area contributed by atoms with Crippen LogP contribution in [-0.4, -0.2) is 43.0 Å². The molecule has 0 aliphatic heterocycles. The molecule has 2 aliphatic carbocycles. The van der Waals surface area contributed by atoms with Crippen LogP contribution in [0.1, 0.15) is 69.4 Å². The van der Waals surface area contributed by atoms with Gasteiger partial charge in [-0.25, -0.2) is 9.78 Å². The summed E-state index contributed by atoms with van der Waals surface area (Å²) in [7, 11) is 0. The normalized spacial score (nSPS) is 23.8. The van der Waals surface area contributed by atoms with Crippen LogP contribution in [0.4, 0.5) is 16.4 Å². The van der Waals surface area contributed by atoms with E-state index in [2.05, 4.69) is 30.8 Å². The first kappa shape index (κ1) is 18.7. The predicted molar refractivity (Wildman–Crippen MR) is 102 cm³/mol. The first-order valence-electron chi connectivity index (χ1n) is 9.71. The van der Waals surface area contributed by atoms with Gasteiger partial charge in [-0.3, -0.25) is 10.1 Å². The highest BCUT2D eigenvalue weighted by atomic mass is 16.6. The van der Waals surface area contributed by atoms with E-state index < -0.39 is 6.10 Å². The number of H-pyrrole nitrogens is 1. The Labute approximate surface area is 163 Å². The molecule has 2 saturated carbocycles. The van der Waals surface area contributed by atoms with Gasteiger partial charge in [0.2, 0.25) is 0 Å². The summed E-state index contributed by atoms with van der Waals surface area (Å²) in [6.07, 6.45) is 6.70. The number of rotatable bonds is 6. The second kappa shape index (κ2) is 7.38. The zero-order valence-corrected chi connectivity index (χ0v) is 16.1. The summed E-state index contributed by atoms with van der Waals surface area (Å²) < 4.78 is 5.57. The molecule has 2 aliphatic rings. The average Bonchev–Trinajstić information content (AvgIpc) is 3.04. The molecule has 4 rings (SSSR count). The van der Waals surface area contributed by atoms with Gasteiger partial charge in [0.05, 0.1) is 24.2 Å². The highest BCUT2D eigenvalue weighted by Crippen LogP contribution is 2.37. The second-order valence-corrected chi connectivity index (χ2v) is 8.06. The van der Waals surface area contributed by atoms with Crippen molar-refractivity contribution >= 4 is 17.7 Å². The van der Waals surface area contributed by atoms with Crippen LogP contribution in [0.25, 0.3) is 0 Å². The van der Waals surface area contributed by atoms with E-state index in [1.807, 2.05) is 13.0 Å². The number of aromatic amines is 1. The molecule has 3 atom stereocenters. The number of aromatic nitrogens is 4. The maximum atomic E-state index is 12.0. The van der Waals surface area contributed by atoms with Gasteiger partial charge < -0.3 is 20.5 Å². The second-order valence-electron chi connectivity index (χ2n) is 8.06. The number of amides is 1. The lowest BCUT2D eigenvalue weighted by Gasteiger charge is -2.16. The Morgan fingerprint density at radius 3 is 2.82 bits per heavy atom. The lowest BCUT2D eigenvalue weighted by molar-refractivity contribution is 0.0967. The lowest BCUT2D eigenvalue weighted by Crippen LogP contribution is -2.36. The van der Waals surface area contributed by atoms with Crippen molar-refractivity contribution in [1.82, 2.24) is 25.5 Å². The molecule has 1 amide bonds. The molecule has 28 heavy (non-hydrogen) atoms. The fourth-order valence-corrected chi connectivity index (χ4v) is 3.43. The number of carbonyl (C=O) groups excluding carboxylic acids is 1. The minimum absolute atomic E-state index is 0.0602. The van der Waals surface area contributed by atoms with Crippen LogP contribution in [0.15, 0.2) is 18.5 Å². The van der Waals surface area contributed by atoms with E-state index in [1.54, 1.807) is 13.1 Å². The van der Waals surface area contributed by atoms with Gasteiger partial charge in [0.1, 0.15) is 11.9 Å². The number of ether oxygens (including phenoxy) is 1. The number of hydrogen-bond donors (Lipinski definition) is 4. The van der Waals surface area contributed by atoms with Gasteiger partial charge in [-0.1, -0.05) is 0 Å². The third kappa shape index (κ3) is 4.41. The van der Waals surface area contributed by atoms with Gasteiger partial charge in [0.15, 0.2) is 5.82 Å². The molecule has 0 bridgehead atoms. The van der Waals surface area contributed by atoms with Crippen LogP contribution in [0.2, 0.25) is 0 Å². The van der Waals surface area contributed by atoms with Crippen molar-refractivity contribution in [3.05, 3.63) is 29.8 Å². The van der Waals surface area contributed by atoms with E-state index in [0.717, 1.165) is 37.8 Å². The third-order valence-corrected chi connectivity index (χ3v) is 5.46. The molecular weight excluding hydrogens is 360 g/mol. The number of nitrogens with one attached hydrogen (secondary N) is 3. The average molecular weight is 386 g/mol. The molecule has 2 aromatic heterocycles. The van der Waals surface area contributed by atoms with Gasteiger partial charge in [-0.05, 0) is 46.0 Å². The summed E-state index contributed by atoms with van der Waals surface area (Å²) in [5, 5.41) is 22.9. The van der Waals surface area contributed by atoms with Gasteiger partial charge in [0, 0.05) is 23.2 Å². The van der Waals surface area contributed by atoms with Crippen LogP contribution in [-0.2, 0) is 4.74 Å². The Morgan fingerprint density at radius 2 is 2.14 bits per heavy atom.